The van der Waals surface area contributed by atoms with Crippen LogP contribution in [0.1, 0.15) is 45.1 Å². The van der Waals surface area contributed by atoms with E-state index >= 15 is 0 Å². The Labute approximate surface area is 230 Å². The molecule has 0 saturated carbocycles. The van der Waals surface area contributed by atoms with Gasteiger partial charge in [0.2, 0.25) is 5.75 Å². The van der Waals surface area contributed by atoms with Gasteiger partial charge in [0, 0.05) is 25.2 Å². The SMILES string of the molecule is CCOC(=O)C1=C(C)N=c2s/c(=C/c3ccc(N(CC)CC)o3)c(=O)n2C1c1cc(OC)c(OC)c(OC)c1. The van der Waals surface area contributed by atoms with E-state index in [0.717, 1.165) is 19.0 Å². The van der Waals surface area contributed by atoms with Gasteiger partial charge in [0.25, 0.3) is 5.56 Å². The van der Waals surface area contributed by atoms with Crippen molar-refractivity contribution in [2.24, 2.45) is 4.99 Å². The molecule has 2 aromatic heterocycles. The van der Waals surface area contributed by atoms with Crippen molar-refractivity contribution in [1.29, 1.82) is 0 Å². The molecule has 3 heterocycles. The minimum atomic E-state index is -0.834. The van der Waals surface area contributed by atoms with Crippen molar-refractivity contribution >= 4 is 29.3 Å². The molecule has 4 rings (SSSR count). The van der Waals surface area contributed by atoms with Crippen LogP contribution in [0.15, 0.2) is 49.7 Å². The summed E-state index contributed by atoms with van der Waals surface area (Å²) in [4.78, 5) is 34.2. The molecule has 1 aliphatic heterocycles. The zero-order valence-corrected chi connectivity index (χ0v) is 24.0. The van der Waals surface area contributed by atoms with Crippen LogP contribution in [0, 0.1) is 0 Å². The molecule has 10 nitrogen and oxygen atoms in total. The number of hydrogen-bond acceptors (Lipinski definition) is 10. The molecule has 11 heteroatoms. The van der Waals surface area contributed by atoms with Gasteiger partial charge in [-0.2, -0.15) is 0 Å². The van der Waals surface area contributed by atoms with Gasteiger partial charge in [0.05, 0.1) is 49.8 Å². The summed E-state index contributed by atoms with van der Waals surface area (Å²) in [5.74, 6) is 1.92. The fraction of sp³-hybridized carbons (Fsp3) is 0.393. The second kappa shape index (κ2) is 11.8. The Morgan fingerprint density at radius 3 is 2.33 bits per heavy atom. The maximum atomic E-state index is 13.9. The number of benzene rings is 1. The van der Waals surface area contributed by atoms with E-state index in [0.29, 0.717) is 43.6 Å². The number of allylic oxidation sites excluding steroid dienone is 1. The lowest BCUT2D eigenvalue weighted by Gasteiger charge is -2.26. The molecule has 0 spiro atoms. The Morgan fingerprint density at radius 2 is 1.77 bits per heavy atom. The molecule has 0 fully saturated rings. The summed E-state index contributed by atoms with van der Waals surface area (Å²) < 4.78 is 29.9. The molecular formula is C28H33N3O7S. The van der Waals surface area contributed by atoms with Gasteiger partial charge in [-0.05, 0) is 51.5 Å². The summed E-state index contributed by atoms with van der Waals surface area (Å²) in [5, 5.41) is 0. The third-order valence-electron chi connectivity index (χ3n) is 6.48. The van der Waals surface area contributed by atoms with Crippen molar-refractivity contribution in [3.05, 3.63) is 66.5 Å². The molecule has 1 aliphatic rings. The normalized spacial score (nSPS) is 15.1. The van der Waals surface area contributed by atoms with E-state index in [9.17, 15) is 9.59 Å². The van der Waals surface area contributed by atoms with Gasteiger partial charge in [0.1, 0.15) is 5.76 Å². The minimum Gasteiger partial charge on any atom is -0.493 e. The number of hydrogen-bond donors (Lipinski definition) is 0. The lowest BCUT2D eigenvalue weighted by atomic mass is 9.95. The van der Waals surface area contributed by atoms with Crippen LogP contribution in [0.4, 0.5) is 5.88 Å². The van der Waals surface area contributed by atoms with Gasteiger partial charge < -0.3 is 28.3 Å². The molecule has 1 aromatic carbocycles. The number of carbonyl (C=O) groups is 1. The molecule has 0 N–H and O–H groups in total. The molecule has 39 heavy (non-hydrogen) atoms. The second-order valence-electron chi connectivity index (χ2n) is 8.61. The fourth-order valence-corrected chi connectivity index (χ4v) is 5.65. The maximum Gasteiger partial charge on any atom is 0.338 e. The highest BCUT2D eigenvalue weighted by Crippen LogP contribution is 2.42. The number of fused-ring (bicyclic) bond motifs is 1. The van der Waals surface area contributed by atoms with Crippen molar-refractivity contribution in [3.8, 4) is 17.2 Å². The summed E-state index contributed by atoms with van der Waals surface area (Å²) in [6.45, 7) is 9.35. The maximum absolute atomic E-state index is 13.9. The average Bonchev–Trinajstić information content (AvgIpc) is 3.51. The van der Waals surface area contributed by atoms with E-state index < -0.39 is 12.0 Å². The van der Waals surface area contributed by atoms with Crippen LogP contribution in [0.3, 0.4) is 0 Å². The largest absolute Gasteiger partial charge is 0.493 e. The molecule has 0 bridgehead atoms. The van der Waals surface area contributed by atoms with Gasteiger partial charge >= 0.3 is 5.97 Å². The van der Waals surface area contributed by atoms with Crippen molar-refractivity contribution in [2.75, 3.05) is 45.9 Å². The molecule has 0 radical (unpaired) electrons. The Kier molecular flexibility index (Phi) is 8.49. The van der Waals surface area contributed by atoms with Gasteiger partial charge in [0.15, 0.2) is 22.2 Å². The van der Waals surface area contributed by atoms with Gasteiger partial charge in [-0.25, -0.2) is 9.79 Å². The summed E-state index contributed by atoms with van der Waals surface area (Å²) >= 11 is 1.22. The standard InChI is InChI=1S/C28H33N3O7S/c1-8-30(9-2)22-12-11-18(38-22)15-21-26(32)31-24(17-13-19(34-5)25(36-7)20(14-17)35-6)23(27(33)37-10-3)16(4)29-28(31)39-21/h11-15,24H,8-10H2,1-7H3/b21-15+. The number of methoxy groups -OCH3 is 3. The first-order valence-corrected chi connectivity index (χ1v) is 13.5. The van der Waals surface area contributed by atoms with E-state index in [2.05, 4.69) is 23.7 Å². The van der Waals surface area contributed by atoms with Gasteiger partial charge in [-0.1, -0.05) is 11.3 Å². The van der Waals surface area contributed by atoms with Crippen molar-refractivity contribution in [1.82, 2.24) is 4.57 Å². The van der Waals surface area contributed by atoms with Gasteiger partial charge in [-0.15, -0.1) is 0 Å². The fourth-order valence-electron chi connectivity index (χ4n) is 4.62. The summed E-state index contributed by atoms with van der Waals surface area (Å²) in [6, 6.07) is 6.34. The zero-order chi connectivity index (χ0) is 28.3. The Bertz CT molecular complexity index is 1550. The molecule has 0 saturated heterocycles. The van der Waals surface area contributed by atoms with E-state index in [4.69, 9.17) is 23.4 Å². The number of aromatic nitrogens is 1. The monoisotopic (exact) mass is 555 g/mol. The number of anilines is 1. The Balaban J connectivity index is 1.95. The van der Waals surface area contributed by atoms with Crippen molar-refractivity contribution in [2.45, 2.75) is 33.7 Å². The summed E-state index contributed by atoms with van der Waals surface area (Å²) in [5.41, 5.74) is 0.984. The first-order valence-electron chi connectivity index (χ1n) is 12.7. The van der Waals surface area contributed by atoms with Crippen LogP contribution in [0.2, 0.25) is 0 Å². The Morgan fingerprint density at radius 1 is 1.10 bits per heavy atom. The molecule has 3 aromatic rings. The number of thiazole rings is 1. The number of esters is 1. The smallest absolute Gasteiger partial charge is 0.338 e. The second-order valence-corrected chi connectivity index (χ2v) is 9.62. The van der Waals surface area contributed by atoms with E-state index in [1.807, 2.05) is 12.1 Å². The Hall–Kier alpha value is -3.99. The third kappa shape index (κ3) is 5.18. The minimum absolute atomic E-state index is 0.176. The molecule has 208 valence electrons. The topological polar surface area (TPSA) is 105 Å². The molecular weight excluding hydrogens is 522 g/mol. The highest BCUT2D eigenvalue weighted by molar-refractivity contribution is 7.07. The predicted octanol–water partition coefficient (Wildman–Crippen LogP) is 3.26. The number of carbonyl (C=O) groups excluding carboxylic acids is 1. The number of ether oxygens (including phenoxy) is 4. The van der Waals surface area contributed by atoms with Crippen LogP contribution in [-0.4, -0.2) is 51.6 Å². The van der Waals surface area contributed by atoms with Crippen LogP contribution < -0.4 is 34.0 Å². The van der Waals surface area contributed by atoms with E-state index in [-0.39, 0.29) is 17.7 Å². The molecule has 1 unspecified atom stereocenters. The molecule has 0 aliphatic carbocycles. The first-order chi connectivity index (χ1) is 18.8. The van der Waals surface area contributed by atoms with Crippen LogP contribution in [0.5, 0.6) is 17.2 Å². The number of rotatable bonds is 10. The zero-order valence-electron chi connectivity index (χ0n) is 23.2. The van der Waals surface area contributed by atoms with Crippen LogP contribution in [0.25, 0.3) is 6.08 Å². The lowest BCUT2D eigenvalue weighted by molar-refractivity contribution is -0.139. The first kappa shape index (κ1) is 28.0. The predicted molar refractivity (Wildman–Crippen MR) is 149 cm³/mol. The molecule has 0 amide bonds. The van der Waals surface area contributed by atoms with Crippen LogP contribution >= 0.6 is 11.3 Å². The summed E-state index contributed by atoms with van der Waals surface area (Å²) in [6.07, 6.45) is 1.70. The number of nitrogens with zero attached hydrogens (tertiary/aromatic N) is 3. The van der Waals surface area contributed by atoms with Crippen molar-refractivity contribution < 1.29 is 28.2 Å². The van der Waals surface area contributed by atoms with E-state index in [1.165, 1.54) is 37.2 Å². The third-order valence-corrected chi connectivity index (χ3v) is 7.46. The number of furan rings is 1. The molecule has 1 atom stereocenters. The van der Waals surface area contributed by atoms with E-state index in [1.54, 1.807) is 32.1 Å². The van der Waals surface area contributed by atoms with Gasteiger partial charge in [-0.3, -0.25) is 9.36 Å². The highest BCUT2D eigenvalue weighted by atomic mass is 32.1. The highest BCUT2D eigenvalue weighted by Gasteiger charge is 2.34. The lowest BCUT2D eigenvalue weighted by Crippen LogP contribution is -2.40. The average molecular weight is 556 g/mol. The quantitative estimate of drug-likeness (QED) is 0.351. The van der Waals surface area contributed by atoms with Crippen LogP contribution in [-0.2, 0) is 9.53 Å². The van der Waals surface area contributed by atoms with Crippen molar-refractivity contribution in [3.63, 3.8) is 0 Å². The summed E-state index contributed by atoms with van der Waals surface area (Å²) in [7, 11) is 4.53.